The molecular formula is C44H66N12O9S. The Hall–Kier alpha value is -5.39. The SMILES string of the molecule is CCCCCNc1nc(N)nc2ccn(Cc3ccc(CN4CCN(C(=O)CCCOCCOCCOCCn5cc(CNC(=O)C(CC(=O)O)SC[C@H](N)C(=O)O)nn5)CC4)cc3C)c12. The van der Waals surface area contributed by atoms with Gasteiger partial charge < -0.3 is 56.0 Å². The monoisotopic (exact) mass is 938 g/mol. The fourth-order valence-electron chi connectivity index (χ4n) is 7.27. The number of aliphatic carboxylic acids is 2. The van der Waals surface area contributed by atoms with Crippen LogP contribution in [-0.4, -0.2) is 163 Å². The number of carboxylic acid groups (broad SMARTS) is 2. The van der Waals surface area contributed by atoms with Crippen LogP contribution in [0.25, 0.3) is 11.0 Å². The zero-order chi connectivity index (χ0) is 47.3. The summed E-state index contributed by atoms with van der Waals surface area (Å²) in [4.78, 5) is 60.9. The average Bonchev–Trinajstić information content (AvgIpc) is 3.93. The Morgan fingerprint density at radius 2 is 1.67 bits per heavy atom. The minimum atomic E-state index is -1.23. The third kappa shape index (κ3) is 17.1. The average molecular weight is 939 g/mol. The molecule has 362 valence electrons. The van der Waals surface area contributed by atoms with Crippen LogP contribution in [0.2, 0.25) is 0 Å². The number of anilines is 2. The molecule has 0 bridgehead atoms. The number of aromatic nitrogens is 6. The summed E-state index contributed by atoms with van der Waals surface area (Å²) in [6.45, 7) is 12.7. The van der Waals surface area contributed by atoms with Gasteiger partial charge in [0.15, 0.2) is 5.82 Å². The number of hydrogen-bond donors (Lipinski definition) is 6. The van der Waals surface area contributed by atoms with E-state index in [-0.39, 0.29) is 24.2 Å². The Kier molecular flexibility index (Phi) is 21.3. The van der Waals surface area contributed by atoms with Crippen molar-refractivity contribution in [3.63, 3.8) is 0 Å². The summed E-state index contributed by atoms with van der Waals surface area (Å²) in [5.41, 5.74) is 17.5. The van der Waals surface area contributed by atoms with Crippen LogP contribution >= 0.6 is 11.8 Å². The number of unbranched alkanes of at least 4 members (excludes halogenated alkanes) is 2. The van der Waals surface area contributed by atoms with Crippen molar-refractivity contribution >= 4 is 58.3 Å². The van der Waals surface area contributed by atoms with Crippen LogP contribution in [0.4, 0.5) is 11.8 Å². The van der Waals surface area contributed by atoms with E-state index >= 15 is 0 Å². The summed E-state index contributed by atoms with van der Waals surface area (Å²) in [5, 5.41) is 31.2. The number of benzene rings is 1. The third-order valence-electron chi connectivity index (χ3n) is 10.9. The van der Waals surface area contributed by atoms with Gasteiger partial charge in [-0.1, -0.05) is 43.2 Å². The summed E-state index contributed by atoms with van der Waals surface area (Å²) in [7, 11) is 0. The molecule has 3 aromatic heterocycles. The van der Waals surface area contributed by atoms with Gasteiger partial charge in [0.05, 0.1) is 69.5 Å². The topological polar surface area (TPSA) is 280 Å². The van der Waals surface area contributed by atoms with Gasteiger partial charge in [0.1, 0.15) is 17.3 Å². The van der Waals surface area contributed by atoms with Crippen LogP contribution in [0.5, 0.6) is 0 Å². The van der Waals surface area contributed by atoms with Crippen molar-refractivity contribution in [1.29, 1.82) is 0 Å². The van der Waals surface area contributed by atoms with Crippen molar-refractivity contribution in [3.05, 3.63) is 59.0 Å². The number of thioether (sulfide) groups is 1. The molecule has 1 fully saturated rings. The van der Waals surface area contributed by atoms with Gasteiger partial charge in [-0.2, -0.15) is 4.98 Å². The molecule has 1 aliphatic rings. The second-order valence-corrected chi connectivity index (χ2v) is 17.4. The largest absolute Gasteiger partial charge is 0.481 e. The van der Waals surface area contributed by atoms with Gasteiger partial charge in [0, 0.05) is 70.8 Å². The predicted molar refractivity (Wildman–Crippen MR) is 250 cm³/mol. The second kappa shape index (κ2) is 27.3. The summed E-state index contributed by atoms with van der Waals surface area (Å²) in [5.74, 6) is -1.89. The van der Waals surface area contributed by atoms with E-state index < -0.39 is 35.6 Å². The van der Waals surface area contributed by atoms with E-state index in [0.29, 0.717) is 84.4 Å². The number of fused-ring (bicyclic) bond motifs is 1. The zero-order valence-corrected chi connectivity index (χ0v) is 38.9. The number of nitrogens with one attached hydrogen (secondary N) is 2. The number of amides is 2. The van der Waals surface area contributed by atoms with Crippen molar-refractivity contribution in [2.24, 2.45) is 5.73 Å². The number of carbonyl (C=O) groups is 4. The van der Waals surface area contributed by atoms with E-state index in [2.05, 4.69) is 72.4 Å². The number of aryl methyl sites for hydroxylation is 1. The molecule has 5 rings (SSSR count). The van der Waals surface area contributed by atoms with Gasteiger partial charge in [-0.25, -0.2) is 9.67 Å². The molecule has 1 aliphatic heterocycles. The molecule has 4 aromatic rings. The minimum absolute atomic E-state index is 0.0191. The first kappa shape index (κ1) is 51.6. The van der Waals surface area contributed by atoms with Crippen LogP contribution < -0.4 is 22.1 Å². The van der Waals surface area contributed by atoms with E-state index in [9.17, 15) is 19.2 Å². The molecule has 8 N–H and O–H groups in total. The molecule has 21 nitrogen and oxygen atoms in total. The van der Waals surface area contributed by atoms with Crippen LogP contribution in [0.1, 0.15) is 67.8 Å². The van der Waals surface area contributed by atoms with E-state index in [4.69, 9.17) is 35.9 Å². The molecule has 0 spiro atoms. The summed E-state index contributed by atoms with van der Waals surface area (Å²) >= 11 is 0.875. The van der Waals surface area contributed by atoms with Gasteiger partial charge in [-0.3, -0.25) is 24.1 Å². The number of hydrogen-bond acceptors (Lipinski definition) is 16. The Balaban J connectivity index is 0.876. The van der Waals surface area contributed by atoms with Gasteiger partial charge in [-0.15, -0.1) is 16.9 Å². The van der Waals surface area contributed by atoms with Gasteiger partial charge in [0.25, 0.3) is 0 Å². The molecule has 1 aromatic carbocycles. The molecule has 1 unspecified atom stereocenters. The summed E-state index contributed by atoms with van der Waals surface area (Å²) in [6.07, 6.45) is 7.69. The molecule has 66 heavy (non-hydrogen) atoms. The van der Waals surface area contributed by atoms with E-state index in [0.717, 1.165) is 74.1 Å². The smallest absolute Gasteiger partial charge is 0.321 e. The van der Waals surface area contributed by atoms with Crippen LogP contribution in [0, 0.1) is 6.92 Å². The fraction of sp³-hybridized carbons (Fsp3) is 0.591. The van der Waals surface area contributed by atoms with Gasteiger partial charge >= 0.3 is 11.9 Å². The highest BCUT2D eigenvalue weighted by Gasteiger charge is 2.25. The molecule has 1 saturated heterocycles. The van der Waals surface area contributed by atoms with Gasteiger partial charge in [-0.05, 0) is 42.5 Å². The van der Waals surface area contributed by atoms with Crippen LogP contribution in [-0.2, 0) is 59.6 Å². The molecule has 0 radical (unpaired) electrons. The fourth-order valence-corrected chi connectivity index (χ4v) is 8.35. The maximum Gasteiger partial charge on any atom is 0.321 e. The Bertz CT molecular complexity index is 2160. The highest BCUT2D eigenvalue weighted by Crippen LogP contribution is 2.25. The van der Waals surface area contributed by atoms with Crippen molar-refractivity contribution in [2.75, 3.05) is 89.2 Å². The number of piperazine rings is 1. The molecule has 2 atom stereocenters. The molecule has 22 heteroatoms. The van der Waals surface area contributed by atoms with Gasteiger partial charge in [0.2, 0.25) is 17.8 Å². The first-order valence-electron chi connectivity index (χ1n) is 22.6. The maximum atomic E-state index is 12.9. The predicted octanol–water partition coefficient (Wildman–Crippen LogP) is 2.34. The number of nitrogens with two attached hydrogens (primary N) is 2. The zero-order valence-electron chi connectivity index (χ0n) is 38.1. The highest BCUT2D eigenvalue weighted by atomic mass is 32.2. The number of carboxylic acids is 2. The normalized spacial score (nSPS) is 14.1. The number of carbonyl (C=O) groups excluding carboxylic acids is 2. The van der Waals surface area contributed by atoms with Crippen molar-refractivity contribution < 1.29 is 43.6 Å². The van der Waals surface area contributed by atoms with Crippen molar-refractivity contribution in [1.82, 2.24) is 44.6 Å². The summed E-state index contributed by atoms with van der Waals surface area (Å²) in [6, 6.07) is 7.46. The minimum Gasteiger partial charge on any atom is -0.481 e. The molecular weight excluding hydrogens is 873 g/mol. The molecule has 4 heterocycles. The first-order valence-corrected chi connectivity index (χ1v) is 23.6. The third-order valence-corrected chi connectivity index (χ3v) is 12.3. The molecule has 2 amide bonds. The lowest BCUT2D eigenvalue weighted by Gasteiger charge is -2.35. The Morgan fingerprint density at radius 3 is 2.38 bits per heavy atom. The number of rotatable bonds is 31. The lowest BCUT2D eigenvalue weighted by Crippen LogP contribution is -2.48. The second-order valence-electron chi connectivity index (χ2n) is 16.2. The molecule has 0 saturated carbocycles. The van der Waals surface area contributed by atoms with Crippen molar-refractivity contribution in [3.8, 4) is 0 Å². The molecule has 0 aliphatic carbocycles. The first-order chi connectivity index (χ1) is 31.9. The highest BCUT2D eigenvalue weighted by molar-refractivity contribution is 8.00. The van der Waals surface area contributed by atoms with E-state index in [1.165, 1.54) is 16.7 Å². The Labute approximate surface area is 389 Å². The van der Waals surface area contributed by atoms with Crippen molar-refractivity contribution in [2.45, 2.75) is 89.8 Å². The number of nitrogen functional groups attached to an aromatic ring is 1. The van der Waals surface area contributed by atoms with E-state index in [1.54, 1.807) is 10.9 Å². The van der Waals surface area contributed by atoms with E-state index in [1.807, 2.05) is 17.2 Å². The summed E-state index contributed by atoms with van der Waals surface area (Å²) < 4.78 is 20.6. The quantitative estimate of drug-likeness (QED) is 0.0395. The van der Waals surface area contributed by atoms with Crippen LogP contribution in [0.3, 0.4) is 0 Å². The maximum absolute atomic E-state index is 12.9. The standard InChI is InChI=1S/C44H66N12O9S/c1-3-4-5-11-47-41-40-36(49-44(46)50-41)10-12-55(40)28-33-9-8-32(24-31(33)2)27-53-13-15-54(16-14-53)38(57)7-6-18-63-20-22-65-23-21-64-19-17-56-29-34(51-52-56)26-48-42(60)37(25-39(58)59)66-30-35(45)43(61)62/h8-10,12,24,29,35,37H,3-7,11,13-23,25-28,30,45H2,1-2H3,(H,48,60)(H,58,59)(H,61,62)(H3,46,47,49,50)/t35-,37?/m0/s1. The Morgan fingerprint density at radius 1 is 0.924 bits per heavy atom. The lowest BCUT2D eigenvalue weighted by atomic mass is 10.0. The number of ether oxygens (including phenoxy) is 3. The van der Waals surface area contributed by atoms with Crippen LogP contribution in [0.15, 0.2) is 36.7 Å². The lowest BCUT2D eigenvalue weighted by molar-refractivity contribution is -0.138. The number of nitrogens with zero attached hydrogens (tertiary/aromatic N) is 8.